The molecule has 1 aliphatic carbocycles. The van der Waals surface area contributed by atoms with Crippen molar-refractivity contribution in [3.63, 3.8) is 0 Å². The first-order valence-corrected chi connectivity index (χ1v) is 9.64. The molecule has 4 rings (SSSR count). The van der Waals surface area contributed by atoms with Crippen LogP contribution >= 0.6 is 12.2 Å². The summed E-state index contributed by atoms with van der Waals surface area (Å²) < 4.78 is 0. The normalized spacial score (nSPS) is 40.0. The molecule has 0 aromatic heterocycles. The smallest absolute Gasteiger partial charge is 0.131 e. The molecule has 4 fully saturated rings. The van der Waals surface area contributed by atoms with Gasteiger partial charge in [-0.25, -0.2) is 0 Å². The highest BCUT2D eigenvalue weighted by Gasteiger charge is 2.50. The van der Waals surface area contributed by atoms with Crippen LogP contribution in [0, 0.1) is 17.8 Å². The van der Waals surface area contributed by atoms with Gasteiger partial charge >= 0.3 is 0 Å². The van der Waals surface area contributed by atoms with Crippen molar-refractivity contribution in [2.45, 2.75) is 83.4 Å². The molecule has 2 bridgehead atoms. The second kappa shape index (κ2) is 5.87. The van der Waals surface area contributed by atoms with Crippen LogP contribution in [0.4, 0.5) is 0 Å². The second-order valence-corrected chi connectivity index (χ2v) is 9.13. The number of nitrogens with zero attached hydrogens (tertiary/aromatic N) is 1. The number of fused-ring (bicyclic) bond motifs is 2. The van der Waals surface area contributed by atoms with Gasteiger partial charge in [-0.1, -0.05) is 62.9 Å². The van der Waals surface area contributed by atoms with E-state index in [-0.39, 0.29) is 0 Å². The maximum absolute atomic E-state index is 5.93. The summed E-state index contributed by atoms with van der Waals surface area (Å²) in [6, 6.07) is 0.582. The summed E-state index contributed by atoms with van der Waals surface area (Å²) >= 11 is 5.93. The maximum Gasteiger partial charge on any atom is 0.131 e. The molecule has 0 aromatic rings. The van der Waals surface area contributed by atoms with Crippen LogP contribution in [0.2, 0.25) is 11.1 Å². The Morgan fingerprint density at radius 3 is 2.48 bits per heavy atom. The highest BCUT2D eigenvalue weighted by molar-refractivity contribution is 7.80. The van der Waals surface area contributed by atoms with Crippen LogP contribution in [0.25, 0.3) is 0 Å². The van der Waals surface area contributed by atoms with Crippen molar-refractivity contribution in [3.8, 4) is 0 Å². The van der Waals surface area contributed by atoms with E-state index in [2.05, 4.69) is 32.6 Å². The maximum atomic E-state index is 5.93. The average Bonchev–Trinajstić information content (AvgIpc) is 2.49. The zero-order chi connectivity index (χ0) is 15.2. The Hall–Kier alpha value is -0.0451. The summed E-state index contributed by atoms with van der Waals surface area (Å²) in [5, 5.41) is 0.660. The number of piperidine rings is 1. The number of thiocarbonyl (C=S) groups is 1. The van der Waals surface area contributed by atoms with Gasteiger partial charge in [-0.05, 0) is 38.5 Å². The van der Waals surface area contributed by atoms with Crippen LogP contribution in [0.3, 0.4) is 0 Å². The molecule has 3 heteroatoms. The zero-order valence-corrected chi connectivity index (χ0v) is 15.2. The van der Waals surface area contributed by atoms with Crippen LogP contribution in [0.5, 0.6) is 0 Å². The van der Waals surface area contributed by atoms with Crippen molar-refractivity contribution in [3.05, 3.63) is 0 Å². The first-order valence-electron chi connectivity index (χ1n) is 9.23. The van der Waals surface area contributed by atoms with Crippen LogP contribution < -0.4 is 0 Å². The molecule has 3 heterocycles. The fourth-order valence-electron chi connectivity index (χ4n) is 5.46. The van der Waals surface area contributed by atoms with Crippen LogP contribution in [0.1, 0.15) is 66.2 Å². The molecular formula is C18H32BNS. The third kappa shape index (κ3) is 2.80. The summed E-state index contributed by atoms with van der Waals surface area (Å²) in [7, 11) is 1.51. The van der Waals surface area contributed by atoms with Gasteiger partial charge in [0.1, 0.15) is 7.28 Å². The predicted octanol–water partition coefficient (Wildman–Crippen LogP) is 4.68. The molecule has 0 N–H and O–H groups in total. The minimum atomic E-state index is 0.582. The van der Waals surface area contributed by atoms with E-state index in [1.165, 1.54) is 57.3 Å². The minimum Gasteiger partial charge on any atom is -0.363 e. The van der Waals surface area contributed by atoms with Gasteiger partial charge in [0.25, 0.3) is 0 Å². The molecule has 3 aliphatic heterocycles. The molecule has 0 aromatic carbocycles. The molecule has 21 heavy (non-hydrogen) atoms. The summed E-state index contributed by atoms with van der Waals surface area (Å²) in [5.74, 6) is 3.45. The fraction of sp³-hybridized carbons (Fsp3) is 0.944. The summed E-state index contributed by atoms with van der Waals surface area (Å²) in [5.41, 5.74) is 0. The van der Waals surface area contributed by atoms with Gasteiger partial charge in [-0.3, -0.25) is 0 Å². The zero-order valence-electron chi connectivity index (χ0n) is 14.4. The quantitative estimate of drug-likeness (QED) is 0.538. The molecule has 4 atom stereocenters. The van der Waals surface area contributed by atoms with Gasteiger partial charge in [0, 0.05) is 18.5 Å². The van der Waals surface area contributed by atoms with Gasteiger partial charge in [0.15, 0.2) is 0 Å². The lowest BCUT2D eigenvalue weighted by molar-refractivity contribution is 0.180. The van der Waals surface area contributed by atoms with E-state index in [0.717, 1.165) is 17.7 Å². The molecule has 118 valence electrons. The summed E-state index contributed by atoms with van der Waals surface area (Å²) in [6.45, 7) is 10.7. The predicted molar refractivity (Wildman–Crippen MR) is 97.6 cm³/mol. The molecule has 4 unspecified atom stereocenters. The van der Waals surface area contributed by atoms with Gasteiger partial charge in [0.05, 0.1) is 4.99 Å². The first-order chi connectivity index (χ1) is 9.93. The summed E-state index contributed by atoms with van der Waals surface area (Å²) in [6.07, 6.45) is 8.57. The summed E-state index contributed by atoms with van der Waals surface area (Å²) in [4.78, 5) is 3.82. The molecular weight excluding hydrogens is 273 g/mol. The Bertz CT molecular complexity index is 400. The minimum absolute atomic E-state index is 0.582. The lowest BCUT2D eigenvalue weighted by atomic mass is 9.27. The number of likely N-dealkylation sites (tertiary alicyclic amines) is 1. The largest absolute Gasteiger partial charge is 0.363 e. The van der Waals surface area contributed by atoms with E-state index >= 15 is 0 Å². The molecule has 1 saturated carbocycles. The molecule has 1 nitrogen and oxygen atoms in total. The third-order valence-corrected chi connectivity index (χ3v) is 7.48. The molecule has 3 saturated heterocycles. The highest BCUT2D eigenvalue weighted by atomic mass is 32.1. The van der Waals surface area contributed by atoms with Gasteiger partial charge in [-0.15, -0.1) is 0 Å². The lowest BCUT2D eigenvalue weighted by Gasteiger charge is -2.53. The third-order valence-electron chi connectivity index (χ3n) is 6.94. The van der Waals surface area contributed by atoms with Crippen LogP contribution in [-0.2, 0) is 0 Å². The number of hydrogen-bond acceptors (Lipinski definition) is 1. The van der Waals surface area contributed by atoms with Crippen LogP contribution in [-0.4, -0.2) is 29.8 Å². The van der Waals surface area contributed by atoms with Crippen molar-refractivity contribution >= 4 is 24.5 Å². The van der Waals surface area contributed by atoms with Crippen molar-refractivity contribution in [2.75, 3.05) is 6.54 Å². The van der Waals surface area contributed by atoms with Crippen LogP contribution in [0.15, 0.2) is 0 Å². The van der Waals surface area contributed by atoms with Crippen molar-refractivity contribution in [2.24, 2.45) is 17.8 Å². The van der Waals surface area contributed by atoms with Crippen molar-refractivity contribution in [1.29, 1.82) is 0 Å². The van der Waals surface area contributed by atoms with Gasteiger partial charge in [0.2, 0.25) is 0 Å². The van der Waals surface area contributed by atoms with E-state index in [0.29, 0.717) is 17.3 Å². The van der Waals surface area contributed by atoms with Gasteiger partial charge in [-0.2, -0.15) is 0 Å². The molecule has 4 aliphatic rings. The Labute approximate surface area is 137 Å². The number of rotatable bonds is 2. The Kier molecular flexibility index (Phi) is 4.42. The van der Waals surface area contributed by atoms with E-state index < -0.39 is 0 Å². The first kappa shape index (κ1) is 15.8. The average molecular weight is 305 g/mol. The Morgan fingerprint density at radius 2 is 1.86 bits per heavy atom. The van der Waals surface area contributed by atoms with E-state index in [1.807, 2.05) is 0 Å². The standard InChI is InChI=1S/C18H32BNS/c1-12(2)18-10-14-8-9-20(13(3)4)17(21)16(14)7-5-6-15(11-18)19-18/h12-16,19H,5-11H2,1-4H3. The lowest BCUT2D eigenvalue weighted by Crippen LogP contribution is -2.49. The van der Waals surface area contributed by atoms with Crippen molar-refractivity contribution < 1.29 is 0 Å². The second-order valence-electron chi connectivity index (χ2n) is 8.71. The van der Waals surface area contributed by atoms with E-state index in [1.54, 1.807) is 0 Å². The molecule has 0 amide bonds. The number of hydrogen-bond donors (Lipinski definition) is 0. The topological polar surface area (TPSA) is 3.24 Å². The Balaban J connectivity index is 1.80. The SMILES string of the molecule is CC(C)N1CCC2CC3(C(C)C)BC(CCCC2C1=S)C3. The molecule has 0 radical (unpaired) electrons. The van der Waals surface area contributed by atoms with Gasteiger partial charge < -0.3 is 4.90 Å². The monoisotopic (exact) mass is 305 g/mol. The van der Waals surface area contributed by atoms with E-state index in [4.69, 9.17) is 12.2 Å². The highest BCUT2D eigenvalue weighted by Crippen LogP contribution is 2.61. The molecule has 0 spiro atoms. The van der Waals surface area contributed by atoms with E-state index in [9.17, 15) is 0 Å². The van der Waals surface area contributed by atoms with Crippen molar-refractivity contribution in [1.82, 2.24) is 4.90 Å². The fourth-order valence-corrected chi connectivity index (χ4v) is 6.08. The Morgan fingerprint density at radius 1 is 1.14 bits per heavy atom.